The van der Waals surface area contributed by atoms with Crippen LogP contribution in [0.25, 0.3) is 11.1 Å². The molecule has 2 aromatic carbocycles. The topological polar surface area (TPSA) is 81.1 Å². The van der Waals surface area contributed by atoms with Crippen molar-refractivity contribution >= 4 is 23.2 Å². The van der Waals surface area contributed by atoms with Crippen molar-refractivity contribution in [2.45, 2.75) is 12.5 Å². The molecule has 0 saturated carbocycles. The molecule has 0 unspecified atom stereocenters. The molecule has 1 aliphatic heterocycles. The zero-order valence-corrected chi connectivity index (χ0v) is 17.7. The number of hydrogen-bond donors (Lipinski definition) is 2. The lowest BCUT2D eigenvalue weighted by Crippen LogP contribution is -2.27. The molecule has 7 nitrogen and oxygen atoms in total. The van der Waals surface area contributed by atoms with Crippen LogP contribution in [0.4, 0.5) is 17.2 Å². The largest absolute Gasteiger partial charge is 0.465 e. The fourth-order valence-corrected chi connectivity index (χ4v) is 4.10. The maximum absolute atomic E-state index is 12.3. The first-order chi connectivity index (χ1) is 15.7. The molecular weight excluding hydrogens is 402 g/mol. The number of anilines is 3. The Kier molecular flexibility index (Phi) is 5.29. The number of rotatable bonds is 5. The molecular formula is C25H23N5O2. The molecule has 0 saturated heterocycles. The maximum Gasteiger partial charge on any atom is 0.340 e. The lowest BCUT2D eigenvalue weighted by Gasteiger charge is -2.28. The van der Waals surface area contributed by atoms with Gasteiger partial charge in [0.25, 0.3) is 0 Å². The zero-order valence-electron chi connectivity index (χ0n) is 17.7. The van der Waals surface area contributed by atoms with E-state index in [-0.39, 0.29) is 6.04 Å². The Balaban J connectivity index is 1.58. The van der Waals surface area contributed by atoms with E-state index in [9.17, 15) is 4.79 Å². The molecule has 4 aromatic rings. The van der Waals surface area contributed by atoms with E-state index in [1.807, 2.05) is 47.3 Å². The second-order valence-electron chi connectivity index (χ2n) is 7.65. The summed E-state index contributed by atoms with van der Waals surface area (Å²) in [6.07, 6.45) is 5.93. The molecule has 3 heterocycles. The molecule has 7 heteroatoms. The van der Waals surface area contributed by atoms with Crippen LogP contribution in [-0.2, 0) is 11.2 Å². The number of carbonyl (C=O) groups excluding carboxylic acids is 1. The molecule has 0 aliphatic carbocycles. The third kappa shape index (κ3) is 3.69. The minimum Gasteiger partial charge on any atom is -0.465 e. The van der Waals surface area contributed by atoms with E-state index in [1.165, 1.54) is 12.7 Å². The van der Waals surface area contributed by atoms with Gasteiger partial charge in [0, 0.05) is 24.0 Å². The molecule has 0 radical (unpaired) electrons. The van der Waals surface area contributed by atoms with Crippen LogP contribution in [0.3, 0.4) is 0 Å². The molecule has 0 amide bonds. The second kappa shape index (κ2) is 8.55. The van der Waals surface area contributed by atoms with Crippen LogP contribution >= 0.6 is 0 Å². The van der Waals surface area contributed by atoms with E-state index in [4.69, 9.17) is 9.84 Å². The molecule has 160 valence electrons. The van der Waals surface area contributed by atoms with Crippen molar-refractivity contribution in [1.29, 1.82) is 0 Å². The summed E-state index contributed by atoms with van der Waals surface area (Å²) in [4.78, 5) is 16.5. The number of para-hydroxylation sites is 1. The smallest absolute Gasteiger partial charge is 0.340 e. The van der Waals surface area contributed by atoms with Crippen molar-refractivity contribution in [1.82, 2.24) is 14.8 Å². The minimum atomic E-state index is -0.421. The van der Waals surface area contributed by atoms with E-state index >= 15 is 0 Å². The van der Waals surface area contributed by atoms with Crippen LogP contribution in [0.15, 0.2) is 79.3 Å². The first-order valence-electron chi connectivity index (χ1n) is 10.5. The number of aromatic nitrogens is 3. The molecule has 0 spiro atoms. The first-order valence-corrected chi connectivity index (χ1v) is 10.5. The lowest BCUT2D eigenvalue weighted by molar-refractivity contribution is 0.0601. The van der Waals surface area contributed by atoms with Gasteiger partial charge in [-0.25, -0.2) is 9.48 Å². The minimum absolute atomic E-state index is 0.100. The molecule has 0 fully saturated rings. The first kappa shape index (κ1) is 19.8. The van der Waals surface area contributed by atoms with Gasteiger partial charge in [-0.05, 0) is 29.7 Å². The Hall–Kier alpha value is -4.13. The fourth-order valence-electron chi connectivity index (χ4n) is 4.10. The van der Waals surface area contributed by atoms with Crippen LogP contribution in [-0.4, -0.2) is 34.4 Å². The van der Waals surface area contributed by atoms with Gasteiger partial charge in [-0.3, -0.25) is 4.98 Å². The van der Waals surface area contributed by atoms with Crippen molar-refractivity contribution in [3.8, 4) is 11.1 Å². The highest BCUT2D eigenvalue weighted by Gasteiger charge is 2.25. The number of esters is 1. The van der Waals surface area contributed by atoms with Crippen LogP contribution < -0.4 is 10.6 Å². The Bertz CT molecular complexity index is 1250. The van der Waals surface area contributed by atoms with Crippen molar-refractivity contribution in [3.05, 3.63) is 90.4 Å². The SMILES string of the molecule is COC(=O)c1ccncc1Nc1c(-c2ccccc2)cnn1[C@H]1CNc2ccccc2C1. The maximum atomic E-state index is 12.3. The lowest BCUT2D eigenvalue weighted by atomic mass is 9.99. The van der Waals surface area contributed by atoms with E-state index in [2.05, 4.69) is 33.8 Å². The van der Waals surface area contributed by atoms with Crippen LogP contribution in [0.2, 0.25) is 0 Å². The average Bonchev–Trinajstić information content (AvgIpc) is 3.27. The predicted octanol–water partition coefficient (Wildman–Crippen LogP) is 4.68. The number of carbonyl (C=O) groups is 1. The van der Waals surface area contributed by atoms with Gasteiger partial charge in [0.2, 0.25) is 0 Å². The summed E-state index contributed by atoms with van der Waals surface area (Å²) < 4.78 is 6.96. The predicted molar refractivity (Wildman–Crippen MR) is 124 cm³/mol. The summed E-state index contributed by atoms with van der Waals surface area (Å²) in [6.45, 7) is 0.749. The van der Waals surface area contributed by atoms with Crippen molar-refractivity contribution in [2.75, 3.05) is 24.3 Å². The highest BCUT2D eigenvalue weighted by Crippen LogP contribution is 2.36. The zero-order chi connectivity index (χ0) is 21.9. The van der Waals surface area contributed by atoms with Gasteiger partial charge in [0.05, 0.1) is 36.8 Å². The Morgan fingerprint density at radius 2 is 1.91 bits per heavy atom. The summed E-state index contributed by atoms with van der Waals surface area (Å²) in [7, 11) is 1.37. The summed E-state index contributed by atoms with van der Waals surface area (Å²) >= 11 is 0. The Labute approximate surface area is 186 Å². The molecule has 1 aliphatic rings. The van der Waals surface area contributed by atoms with Crippen LogP contribution in [0.1, 0.15) is 22.0 Å². The fraction of sp³-hybridized carbons (Fsp3) is 0.160. The summed E-state index contributed by atoms with van der Waals surface area (Å²) in [5.41, 5.74) is 5.39. The van der Waals surface area contributed by atoms with Gasteiger partial charge >= 0.3 is 5.97 Å². The second-order valence-corrected chi connectivity index (χ2v) is 7.65. The highest BCUT2D eigenvalue weighted by molar-refractivity contribution is 5.96. The number of fused-ring (bicyclic) bond motifs is 1. The van der Waals surface area contributed by atoms with Gasteiger partial charge in [-0.2, -0.15) is 5.10 Å². The summed E-state index contributed by atoms with van der Waals surface area (Å²) in [6, 6.07) is 20.2. The number of hydrogen-bond acceptors (Lipinski definition) is 6. The Morgan fingerprint density at radius 3 is 2.75 bits per heavy atom. The summed E-state index contributed by atoms with van der Waals surface area (Å²) in [5, 5.41) is 11.7. The van der Waals surface area contributed by atoms with Crippen molar-refractivity contribution < 1.29 is 9.53 Å². The normalized spacial score (nSPS) is 14.8. The Morgan fingerprint density at radius 1 is 1.09 bits per heavy atom. The molecule has 32 heavy (non-hydrogen) atoms. The van der Waals surface area contributed by atoms with E-state index < -0.39 is 5.97 Å². The van der Waals surface area contributed by atoms with Gasteiger partial charge in [-0.15, -0.1) is 0 Å². The molecule has 0 bridgehead atoms. The molecule has 2 aromatic heterocycles. The number of methoxy groups -OCH3 is 1. The standard InChI is InChI=1S/C25H23N5O2/c1-32-25(31)20-11-12-26-16-23(20)29-24-21(17-7-3-2-4-8-17)15-28-30(24)19-13-18-9-5-6-10-22(18)27-14-19/h2-12,15-16,19,27,29H,13-14H2,1H3/t19-/m1/s1. The number of pyridine rings is 1. The molecule has 2 N–H and O–H groups in total. The van der Waals surface area contributed by atoms with Gasteiger partial charge in [0.15, 0.2) is 0 Å². The molecule has 5 rings (SSSR count). The average molecular weight is 425 g/mol. The summed E-state index contributed by atoms with van der Waals surface area (Å²) in [5.74, 6) is 0.385. The van der Waals surface area contributed by atoms with Crippen LogP contribution in [0, 0.1) is 0 Å². The van der Waals surface area contributed by atoms with Gasteiger partial charge in [0.1, 0.15) is 5.82 Å². The monoisotopic (exact) mass is 425 g/mol. The van der Waals surface area contributed by atoms with Gasteiger partial charge < -0.3 is 15.4 Å². The van der Waals surface area contributed by atoms with Crippen LogP contribution in [0.5, 0.6) is 0 Å². The highest BCUT2D eigenvalue weighted by atomic mass is 16.5. The third-order valence-electron chi connectivity index (χ3n) is 5.71. The molecule has 1 atom stereocenters. The quantitative estimate of drug-likeness (QED) is 0.452. The van der Waals surface area contributed by atoms with E-state index in [0.717, 1.165) is 35.6 Å². The van der Waals surface area contributed by atoms with Crippen molar-refractivity contribution in [3.63, 3.8) is 0 Å². The number of nitrogens with zero attached hydrogens (tertiary/aromatic N) is 3. The van der Waals surface area contributed by atoms with Crippen molar-refractivity contribution in [2.24, 2.45) is 0 Å². The number of nitrogens with one attached hydrogen (secondary N) is 2. The third-order valence-corrected chi connectivity index (χ3v) is 5.71. The van der Waals surface area contributed by atoms with E-state index in [1.54, 1.807) is 18.5 Å². The number of benzene rings is 2. The number of ether oxygens (including phenoxy) is 1. The van der Waals surface area contributed by atoms with E-state index in [0.29, 0.717) is 11.3 Å². The van der Waals surface area contributed by atoms with Gasteiger partial charge in [-0.1, -0.05) is 48.5 Å².